The van der Waals surface area contributed by atoms with Gasteiger partial charge >= 0.3 is 0 Å². The molecule has 2 aromatic heterocycles. The van der Waals surface area contributed by atoms with Crippen molar-refractivity contribution in [2.45, 2.75) is 6.92 Å². The molecule has 0 aliphatic rings. The third-order valence-corrected chi connectivity index (χ3v) is 2.05. The molecule has 3 N–H and O–H groups in total. The summed E-state index contributed by atoms with van der Waals surface area (Å²) >= 11 is 0. The summed E-state index contributed by atoms with van der Waals surface area (Å²) in [5.74, 6) is -0.0244. The lowest BCUT2D eigenvalue weighted by atomic mass is 10.3. The molecule has 0 amide bonds. The number of aromatic nitrogens is 2. The van der Waals surface area contributed by atoms with E-state index in [2.05, 4.69) is 4.98 Å². The van der Waals surface area contributed by atoms with Crippen molar-refractivity contribution in [3.05, 3.63) is 35.7 Å². The van der Waals surface area contributed by atoms with Gasteiger partial charge in [0.05, 0.1) is 0 Å². The van der Waals surface area contributed by atoms with Crippen molar-refractivity contribution in [1.29, 1.82) is 5.41 Å². The smallest absolute Gasteiger partial charge is 0.149 e. The first-order valence-electron chi connectivity index (χ1n) is 4.09. The second-order valence-electron chi connectivity index (χ2n) is 3.00. The van der Waals surface area contributed by atoms with E-state index < -0.39 is 5.82 Å². The Morgan fingerprint density at radius 1 is 1.64 bits per heavy atom. The molecular weight excluding hydrogens is 183 g/mol. The summed E-state index contributed by atoms with van der Waals surface area (Å²) in [5, 5.41) is 7.26. The van der Waals surface area contributed by atoms with Crippen LogP contribution in [0.4, 0.5) is 4.39 Å². The van der Waals surface area contributed by atoms with Crippen LogP contribution in [0.25, 0.3) is 5.52 Å². The lowest BCUT2D eigenvalue weighted by Crippen LogP contribution is -2.12. The fourth-order valence-corrected chi connectivity index (χ4v) is 1.44. The molecule has 0 spiro atoms. The van der Waals surface area contributed by atoms with Crippen molar-refractivity contribution in [2.75, 3.05) is 0 Å². The molecule has 14 heavy (non-hydrogen) atoms. The predicted octanol–water partition coefficient (Wildman–Crippen LogP) is 1.07. The summed E-state index contributed by atoms with van der Waals surface area (Å²) in [6.45, 7) is 1.74. The van der Waals surface area contributed by atoms with Gasteiger partial charge in [-0.3, -0.25) is 5.41 Å². The third kappa shape index (κ3) is 1.06. The zero-order chi connectivity index (χ0) is 10.3. The van der Waals surface area contributed by atoms with Crippen LogP contribution in [-0.4, -0.2) is 15.2 Å². The van der Waals surface area contributed by atoms with Crippen LogP contribution in [0.5, 0.6) is 0 Å². The van der Waals surface area contributed by atoms with E-state index in [0.717, 1.165) is 0 Å². The molecule has 0 radical (unpaired) electrons. The van der Waals surface area contributed by atoms with Gasteiger partial charge in [-0.25, -0.2) is 9.37 Å². The molecule has 0 aliphatic heterocycles. The van der Waals surface area contributed by atoms with Crippen LogP contribution in [0.15, 0.2) is 18.3 Å². The van der Waals surface area contributed by atoms with Gasteiger partial charge < -0.3 is 10.1 Å². The highest BCUT2D eigenvalue weighted by Crippen LogP contribution is 2.15. The van der Waals surface area contributed by atoms with E-state index in [0.29, 0.717) is 5.82 Å². The minimum atomic E-state index is -0.418. The van der Waals surface area contributed by atoms with Gasteiger partial charge in [0, 0.05) is 6.20 Å². The Morgan fingerprint density at radius 2 is 2.36 bits per heavy atom. The van der Waals surface area contributed by atoms with Crippen LogP contribution in [0.3, 0.4) is 0 Å². The van der Waals surface area contributed by atoms with Gasteiger partial charge in [0.25, 0.3) is 0 Å². The summed E-state index contributed by atoms with van der Waals surface area (Å²) in [7, 11) is 0. The first-order chi connectivity index (χ1) is 6.61. The SMILES string of the molecule is Cc1nc(C(=N)N)c2c(F)cccn12. The number of nitrogens with one attached hydrogen (secondary N) is 1. The van der Waals surface area contributed by atoms with Gasteiger partial charge in [0.1, 0.15) is 28.7 Å². The van der Waals surface area contributed by atoms with Gasteiger partial charge in [-0.2, -0.15) is 0 Å². The number of pyridine rings is 1. The molecule has 5 heteroatoms. The molecule has 2 rings (SSSR count). The topological polar surface area (TPSA) is 67.2 Å². The third-order valence-electron chi connectivity index (χ3n) is 2.05. The normalized spacial score (nSPS) is 10.7. The molecule has 0 aromatic carbocycles. The van der Waals surface area contributed by atoms with Crippen LogP contribution in [0.2, 0.25) is 0 Å². The fourth-order valence-electron chi connectivity index (χ4n) is 1.44. The Labute approximate surface area is 79.7 Å². The molecule has 0 atom stereocenters. The maximum Gasteiger partial charge on any atom is 0.149 e. The molecular formula is C9H9FN4. The number of nitrogen functional groups attached to an aromatic ring is 1. The first-order valence-corrected chi connectivity index (χ1v) is 4.09. The number of rotatable bonds is 1. The van der Waals surface area contributed by atoms with Crippen LogP contribution in [-0.2, 0) is 0 Å². The molecule has 0 fully saturated rings. The summed E-state index contributed by atoms with van der Waals surface area (Å²) in [6, 6.07) is 2.91. The van der Waals surface area contributed by atoms with E-state index in [1.54, 1.807) is 23.6 Å². The Bertz CT molecular complexity index is 515. The van der Waals surface area contributed by atoms with E-state index in [-0.39, 0.29) is 17.0 Å². The summed E-state index contributed by atoms with van der Waals surface area (Å²) in [5.41, 5.74) is 5.76. The van der Waals surface area contributed by atoms with E-state index in [1.165, 1.54) is 6.07 Å². The molecule has 0 aliphatic carbocycles. The van der Waals surface area contributed by atoms with Crippen molar-refractivity contribution < 1.29 is 4.39 Å². The molecule has 0 saturated carbocycles. The molecule has 2 heterocycles. The number of hydrogen-bond acceptors (Lipinski definition) is 2. The number of nitrogens with two attached hydrogens (primary N) is 1. The van der Waals surface area contributed by atoms with Crippen LogP contribution in [0, 0.1) is 18.2 Å². The van der Waals surface area contributed by atoms with Crippen LogP contribution >= 0.6 is 0 Å². The fraction of sp³-hybridized carbons (Fsp3) is 0.111. The number of imidazole rings is 1. The van der Waals surface area contributed by atoms with Gasteiger partial charge in [-0.1, -0.05) is 0 Å². The van der Waals surface area contributed by atoms with Gasteiger partial charge in [0.15, 0.2) is 0 Å². The van der Waals surface area contributed by atoms with Gasteiger partial charge in [-0.05, 0) is 19.1 Å². The second-order valence-corrected chi connectivity index (χ2v) is 3.00. The number of aryl methyl sites for hydroxylation is 1. The highest BCUT2D eigenvalue weighted by Gasteiger charge is 2.13. The number of nitrogens with zero attached hydrogens (tertiary/aromatic N) is 2. The average molecular weight is 192 g/mol. The van der Waals surface area contributed by atoms with Gasteiger partial charge in [0.2, 0.25) is 0 Å². The number of amidine groups is 1. The standard InChI is InChI=1S/C9H9FN4/c1-5-13-7(9(11)12)8-6(10)3-2-4-14(5)8/h2-4H,1H3,(H3,11,12). The first kappa shape index (κ1) is 8.68. The summed E-state index contributed by atoms with van der Waals surface area (Å²) in [4.78, 5) is 4.02. The number of halogens is 1. The van der Waals surface area contributed by atoms with E-state index >= 15 is 0 Å². The maximum atomic E-state index is 13.4. The van der Waals surface area contributed by atoms with Crippen molar-refractivity contribution in [1.82, 2.24) is 9.38 Å². The van der Waals surface area contributed by atoms with E-state index in [4.69, 9.17) is 11.1 Å². The monoisotopic (exact) mass is 192 g/mol. The molecule has 0 unspecified atom stereocenters. The van der Waals surface area contributed by atoms with Gasteiger partial charge in [-0.15, -0.1) is 0 Å². The largest absolute Gasteiger partial charge is 0.382 e. The lowest BCUT2D eigenvalue weighted by molar-refractivity contribution is 0.632. The highest BCUT2D eigenvalue weighted by atomic mass is 19.1. The molecule has 72 valence electrons. The van der Waals surface area contributed by atoms with Crippen molar-refractivity contribution in [3.63, 3.8) is 0 Å². The van der Waals surface area contributed by atoms with Crippen molar-refractivity contribution in [3.8, 4) is 0 Å². The Morgan fingerprint density at radius 3 is 3.00 bits per heavy atom. The van der Waals surface area contributed by atoms with Crippen molar-refractivity contribution in [2.24, 2.45) is 5.73 Å². The zero-order valence-corrected chi connectivity index (χ0v) is 7.58. The summed E-state index contributed by atoms with van der Waals surface area (Å²) < 4.78 is 15.0. The second kappa shape index (κ2) is 2.80. The van der Waals surface area contributed by atoms with E-state index in [1.807, 2.05) is 0 Å². The molecule has 4 nitrogen and oxygen atoms in total. The van der Waals surface area contributed by atoms with E-state index in [9.17, 15) is 4.39 Å². The number of fused-ring (bicyclic) bond motifs is 1. The minimum Gasteiger partial charge on any atom is -0.382 e. The highest BCUT2D eigenvalue weighted by molar-refractivity contribution is 5.99. The Hall–Kier alpha value is -1.91. The number of hydrogen-bond donors (Lipinski definition) is 2. The maximum absolute atomic E-state index is 13.4. The average Bonchev–Trinajstić information content (AvgIpc) is 2.46. The zero-order valence-electron chi connectivity index (χ0n) is 7.58. The molecule has 0 saturated heterocycles. The summed E-state index contributed by atoms with van der Waals surface area (Å²) in [6.07, 6.45) is 1.69. The predicted molar refractivity (Wildman–Crippen MR) is 50.9 cm³/mol. The van der Waals surface area contributed by atoms with Crippen molar-refractivity contribution >= 4 is 11.4 Å². The quantitative estimate of drug-likeness (QED) is 0.524. The molecule has 0 bridgehead atoms. The molecule has 2 aromatic rings. The Balaban J connectivity index is 2.93. The van der Waals surface area contributed by atoms with Crippen LogP contribution < -0.4 is 5.73 Å². The van der Waals surface area contributed by atoms with Crippen LogP contribution in [0.1, 0.15) is 11.5 Å². The lowest BCUT2D eigenvalue weighted by Gasteiger charge is -1.97. The minimum absolute atomic E-state index is 0.195. The Kier molecular flexibility index (Phi) is 1.73.